The maximum Gasteiger partial charge on any atom is 0.311 e. The molecule has 29 heavy (non-hydrogen) atoms. The summed E-state index contributed by atoms with van der Waals surface area (Å²) in [6.07, 6.45) is 0.515. The molecule has 0 spiro atoms. The second-order valence-corrected chi connectivity index (χ2v) is 7.50. The zero-order valence-electron chi connectivity index (χ0n) is 17.0. The van der Waals surface area contributed by atoms with Crippen molar-refractivity contribution in [1.29, 1.82) is 0 Å². The van der Waals surface area contributed by atoms with Crippen molar-refractivity contribution in [2.24, 2.45) is 5.92 Å². The van der Waals surface area contributed by atoms with Crippen molar-refractivity contribution in [3.63, 3.8) is 0 Å². The fraction of sp³-hybridized carbons (Fsp3) is 0.364. The van der Waals surface area contributed by atoms with E-state index in [4.69, 9.17) is 4.74 Å². The predicted molar refractivity (Wildman–Crippen MR) is 110 cm³/mol. The molecule has 0 aromatic heterocycles. The molecule has 2 aromatic carbocycles. The quantitative estimate of drug-likeness (QED) is 0.383. The average molecular weight is 398 g/mol. The minimum absolute atomic E-state index is 0.0573. The summed E-state index contributed by atoms with van der Waals surface area (Å²) in [4.78, 5) is 33.8. The Bertz CT molecular complexity index is 875. The van der Waals surface area contributed by atoms with E-state index in [0.717, 1.165) is 11.6 Å². The Morgan fingerprint density at radius 3 is 2.24 bits per heavy atom. The van der Waals surface area contributed by atoms with Crippen LogP contribution in [0.15, 0.2) is 42.5 Å². The van der Waals surface area contributed by atoms with Crippen molar-refractivity contribution >= 4 is 17.9 Å². The second kappa shape index (κ2) is 9.82. The van der Waals surface area contributed by atoms with Gasteiger partial charge < -0.3 is 10.1 Å². The molecule has 7 heteroatoms. The number of amides is 1. The minimum atomic E-state index is -0.645. The number of nitro groups is 1. The number of aldehydes is 1. The first-order chi connectivity index (χ1) is 13.7. The molecule has 0 aliphatic heterocycles. The molecule has 0 bridgehead atoms. The third kappa shape index (κ3) is 5.88. The molecular weight excluding hydrogens is 372 g/mol. The van der Waals surface area contributed by atoms with Crippen LogP contribution in [0.25, 0.3) is 0 Å². The molecule has 0 aliphatic rings. The van der Waals surface area contributed by atoms with Gasteiger partial charge in [-0.3, -0.25) is 19.7 Å². The highest BCUT2D eigenvalue weighted by molar-refractivity contribution is 5.79. The van der Waals surface area contributed by atoms with Gasteiger partial charge >= 0.3 is 5.69 Å². The zero-order chi connectivity index (χ0) is 21.6. The van der Waals surface area contributed by atoms with E-state index >= 15 is 0 Å². The first-order valence-electron chi connectivity index (χ1n) is 9.48. The molecule has 2 rings (SSSR count). The largest absolute Gasteiger partial charge is 0.477 e. The maximum absolute atomic E-state index is 12.4. The number of benzene rings is 2. The molecule has 0 radical (unpaired) electrons. The standard InChI is InChI=1S/C22H26N2O5/c1-14(2)17-6-8-18(9-7-17)22(15(3)4)23-21(26)13-29-20-10-5-16(12-25)11-19(20)24(27)28/h5-12,14-15,22H,13H2,1-4H3,(H,23,26)/t22-/m0/s1. The van der Waals surface area contributed by atoms with E-state index in [2.05, 4.69) is 31.3 Å². The minimum Gasteiger partial charge on any atom is -0.477 e. The summed E-state index contributed by atoms with van der Waals surface area (Å²) in [5.41, 5.74) is 2.02. The normalized spacial score (nSPS) is 11.9. The van der Waals surface area contributed by atoms with Crippen LogP contribution in [0.1, 0.15) is 61.1 Å². The summed E-state index contributed by atoms with van der Waals surface area (Å²) in [7, 11) is 0. The fourth-order valence-electron chi connectivity index (χ4n) is 2.95. The van der Waals surface area contributed by atoms with Gasteiger partial charge in [0.1, 0.15) is 6.29 Å². The topological polar surface area (TPSA) is 98.5 Å². The van der Waals surface area contributed by atoms with E-state index in [-0.39, 0.29) is 41.5 Å². The average Bonchev–Trinajstić information content (AvgIpc) is 2.70. The number of hydrogen-bond acceptors (Lipinski definition) is 5. The molecule has 0 heterocycles. The van der Waals surface area contributed by atoms with Gasteiger partial charge in [-0.05, 0) is 35.1 Å². The molecule has 0 fully saturated rings. The Morgan fingerprint density at radius 1 is 1.10 bits per heavy atom. The van der Waals surface area contributed by atoms with Crippen LogP contribution in [0.4, 0.5) is 5.69 Å². The van der Waals surface area contributed by atoms with Crippen molar-refractivity contribution in [1.82, 2.24) is 5.32 Å². The molecular formula is C22H26N2O5. The van der Waals surface area contributed by atoms with Gasteiger partial charge in [0.05, 0.1) is 11.0 Å². The zero-order valence-corrected chi connectivity index (χ0v) is 17.0. The van der Waals surface area contributed by atoms with Gasteiger partial charge in [0.2, 0.25) is 0 Å². The number of hydrogen-bond donors (Lipinski definition) is 1. The molecule has 1 amide bonds. The van der Waals surface area contributed by atoms with Crippen LogP contribution in [0.2, 0.25) is 0 Å². The van der Waals surface area contributed by atoms with Crippen molar-refractivity contribution < 1.29 is 19.2 Å². The number of nitrogens with zero attached hydrogens (tertiary/aromatic N) is 1. The Kier molecular flexibility index (Phi) is 7.47. The van der Waals surface area contributed by atoms with E-state index in [1.54, 1.807) is 0 Å². The first kappa shape index (κ1) is 22.1. The Balaban J connectivity index is 2.08. The van der Waals surface area contributed by atoms with Gasteiger partial charge in [-0.15, -0.1) is 0 Å². The number of carbonyl (C=O) groups is 2. The third-order valence-corrected chi connectivity index (χ3v) is 4.62. The molecule has 0 saturated carbocycles. The summed E-state index contributed by atoms with van der Waals surface area (Å²) >= 11 is 0. The van der Waals surface area contributed by atoms with Crippen molar-refractivity contribution in [3.05, 3.63) is 69.3 Å². The van der Waals surface area contributed by atoms with Crippen LogP contribution < -0.4 is 10.1 Å². The monoisotopic (exact) mass is 398 g/mol. The van der Waals surface area contributed by atoms with Crippen molar-refractivity contribution in [2.45, 2.75) is 39.7 Å². The summed E-state index contributed by atoms with van der Waals surface area (Å²) in [6, 6.07) is 11.7. The highest BCUT2D eigenvalue weighted by Crippen LogP contribution is 2.28. The first-order valence-corrected chi connectivity index (χ1v) is 9.48. The lowest BCUT2D eigenvalue weighted by atomic mass is 9.93. The van der Waals surface area contributed by atoms with E-state index in [0.29, 0.717) is 12.2 Å². The molecule has 7 nitrogen and oxygen atoms in total. The third-order valence-electron chi connectivity index (χ3n) is 4.62. The predicted octanol–water partition coefficient (Wildman–Crippen LogP) is 4.42. The summed E-state index contributed by atoms with van der Waals surface area (Å²) in [6.45, 7) is 7.88. The van der Waals surface area contributed by atoms with Gasteiger partial charge in [-0.25, -0.2) is 0 Å². The molecule has 0 aliphatic carbocycles. The van der Waals surface area contributed by atoms with Gasteiger partial charge in [-0.1, -0.05) is 52.0 Å². The van der Waals surface area contributed by atoms with Crippen LogP contribution in [0.3, 0.4) is 0 Å². The Hall–Kier alpha value is -3.22. The summed E-state index contributed by atoms with van der Waals surface area (Å²) in [5, 5.41) is 14.1. The number of nitro benzene ring substituents is 1. The number of nitrogens with one attached hydrogen (secondary N) is 1. The molecule has 0 unspecified atom stereocenters. The van der Waals surface area contributed by atoms with E-state index in [1.165, 1.54) is 17.7 Å². The Labute approximate surface area is 170 Å². The van der Waals surface area contributed by atoms with Gasteiger partial charge in [-0.2, -0.15) is 0 Å². The highest BCUT2D eigenvalue weighted by Gasteiger charge is 2.21. The molecule has 154 valence electrons. The van der Waals surface area contributed by atoms with Crippen molar-refractivity contribution in [2.75, 3.05) is 6.61 Å². The lowest BCUT2D eigenvalue weighted by Crippen LogP contribution is -2.35. The SMILES string of the molecule is CC(C)c1ccc([C@@H](NC(=O)COc2ccc(C=O)cc2[N+](=O)[O-])C(C)C)cc1. The summed E-state index contributed by atoms with van der Waals surface area (Å²) < 4.78 is 5.36. The molecule has 0 saturated heterocycles. The molecule has 1 atom stereocenters. The highest BCUT2D eigenvalue weighted by atomic mass is 16.6. The molecule has 1 N–H and O–H groups in total. The number of carbonyl (C=O) groups excluding carboxylic acids is 2. The van der Waals surface area contributed by atoms with Crippen molar-refractivity contribution in [3.8, 4) is 5.75 Å². The van der Waals surface area contributed by atoms with Crippen LogP contribution in [-0.4, -0.2) is 23.7 Å². The van der Waals surface area contributed by atoms with Crippen LogP contribution in [0, 0.1) is 16.0 Å². The number of rotatable bonds is 9. The van der Waals surface area contributed by atoms with Crippen LogP contribution in [-0.2, 0) is 4.79 Å². The fourth-order valence-corrected chi connectivity index (χ4v) is 2.95. The van der Waals surface area contributed by atoms with E-state index < -0.39 is 4.92 Å². The molecule has 2 aromatic rings. The van der Waals surface area contributed by atoms with E-state index in [9.17, 15) is 19.7 Å². The lowest BCUT2D eigenvalue weighted by Gasteiger charge is -2.23. The van der Waals surface area contributed by atoms with Crippen LogP contribution in [0.5, 0.6) is 5.75 Å². The van der Waals surface area contributed by atoms with E-state index in [1.807, 2.05) is 26.0 Å². The van der Waals surface area contributed by atoms with Crippen LogP contribution >= 0.6 is 0 Å². The van der Waals surface area contributed by atoms with Gasteiger partial charge in [0.15, 0.2) is 12.4 Å². The van der Waals surface area contributed by atoms with Gasteiger partial charge in [0, 0.05) is 11.6 Å². The Morgan fingerprint density at radius 2 is 1.72 bits per heavy atom. The lowest BCUT2D eigenvalue weighted by molar-refractivity contribution is -0.385. The smallest absolute Gasteiger partial charge is 0.311 e. The van der Waals surface area contributed by atoms with Gasteiger partial charge in [0.25, 0.3) is 5.91 Å². The summed E-state index contributed by atoms with van der Waals surface area (Å²) in [5.74, 6) is 0.125. The maximum atomic E-state index is 12.4. The second-order valence-electron chi connectivity index (χ2n) is 7.50. The number of ether oxygens (including phenoxy) is 1.